The average Bonchev–Trinajstić information content (AvgIpc) is 3.13. The van der Waals surface area contributed by atoms with Crippen molar-refractivity contribution in [3.05, 3.63) is 27.0 Å². The van der Waals surface area contributed by atoms with Crippen molar-refractivity contribution >= 4 is 40.1 Å². The number of aromatic nitrogens is 2. The van der Waals surface area contributed by atoms with Crippen molar-refractivity contribution in [1.29, 1.82) is 0 Å². The van der Waals surface area contributed by atoms with Gasteiger partial charge in [0.15, 0.2) is 5.13 Å². The summed E-state index contributed by atoms with van der Waals surface area (Å²) in [6, 6.07) is 0. The lowest BCUT2D eigenvalue weighted by Crippen LogP contribution is -2.39. The molecule has 1 N–H and O–H groups in total. The van der Waals surface area contributed by atoms with Crippen molar-refractivity contribution in [2.75, 3.05) is 11.9 Å². The summed E-state index contributed by atoms with van der Waals surface area (Å²) in [4.78, 5) is 31.6. The number of ether oxygens (including phenoxy) is 1. The maximum Gasteiger partial charge on any atom is 0.410 e. The van der Waals surface area contributed by atoms with Crippen molar-refractivity contribution in [1.82, 2.24) is 15.0 Å². The number of anilines is 1. The predicted octanol–water partition coefficient (Wildman–Crippen LogP) is 3.96. The van der Waals surface area contributed by atoms with Gasteiger partial charge in [-0.2, -0.15) is 0 Å². The van der Waals surface area contributed by atoms with Crippen LogP contribution < -0.4 is 5.32 Å². The molecular formula is C18H23ClN4O4S. The van der Waals surface area contributed by atoms with E-state index in [-0.39, 0.29) is 23.6 Å². The van der Waals surface area contributed by atoms with E-state index in [0.717, 1.165) is 16.1 Å². The number of nitrogens with zero attached hydrogens (tertiary/aromatic N) is 3. The lowest BCUT2D eigenvalue weighted by atomic mass is 10.1. The number of hydrogen-bond acceptors (Lipinski definition) is 7. The van der Waals surface area contributed by atoms with E-state index < -0.39 is 5.60 Å². The summed E-state index contributed by atoms with van der Waals surface area (Å²) < 4.78 is 10.3. The van der Waals surface area contributed by atoms with Gasteiger partial charge in [-0.25, -0.2) is 9.78 Å². The van der Waals surface area contributed by atoms with E-state index in [4.69, 9.17) is 20.9 Å². The Morgan fingerprint density at radius 2 is 2.14 bits per heavy atom. The van der Waals surface area contributed by atoms with Crippen molar-refractivity contribution < 1.29 is 18.8 Å². The summed E-state index contributed by atoms with van der Waals surface area (Å²) in [5.41, 5.74) is 1.81. The van der Waals surface area contributed by atoms with E-state index in [2.05, 4.69) is 15.5 Å². The molecule has 0 aromatic carbocycles. The van der Waals surface area contributed by atoms with Crippen LogP contribution in [0.5, 0.6) is 0 Å². The molecule has 28 heavy (non-hydrogen) atoms. The highest BCUT2D eigenvalue weighted by molar-refractivity contribution is 7.15. The van der Waals surface area contributed by atoms with E-state index in [1.165, 1.54) is 11.3 Å². The first-order chi connectivity index (χ1) is 13.1. The van der Waals surface area contributed by atoms with Crippen LogP contribution in [-0.4, -0.2) is 39.2 Å². The maximum atomic E-state index is 12.3. The number of halogens is 1. The zero-order chi connectivity index (χ0) is 20.5. The SMILES string of the molecule is Cc1noc(Cl)c1CCC(=O)Nc1nc2c(s1)CN(C(=O)OC(C)(C)C)CC2. The van der Waals surface area contributed by atoms with Gasteiger partial charge < -0.3 is 19.5 Å². The number of amides is 2. The standard InChI is InChI=1S/C18H23ClN4O4S/c1-10-11(15(19)27-22-10)5-6-14(24)21-16-20-12-7-8-23(9-13(12)28-16)17(25)26-18(2,3)4/h5-9H2,1-4H3,(H,20,21,24). The Kier molecular flexibility index (Phi) is 5.95. The molecule has 0 unspecified atom stereocenters. The predicted molar refractivity (Wildman–Crippen MR) is 106 cm³/mol. The number of carbonyl (C=O) groups excluding carboxylic acids is 2. The summed E-state index contributed by atoms with van der Waals surface area (Å²) >= 11 is 7.31. The molecule has 8 nitrogen and oxygen atoms in total. The van der Waals surface area contributed by atoms with E-state index in [0.29, 0.717) is 36.8 Å². The second-order valence-electron chi connectivity index (χ2n) is 7.61. The summed E-state index contributed by atoms with van der Waals surface area (Å²) in [7, 11) is 0. The second-order valence-corrected chi connectivity index (χ2v) is 9.04. The van der Waals surface area contributed by atoms with Gasteiger partial charge in [0.1, 0.15) is 5.60 Å². The number of carbonyl (C=O) groups is 2. The number of rotatable bonds is 4. The normalized spacial score (nSPS) is 14.0. The summed E-state index contributed by atoms with van der Waals surface area (Å²) in [6.45, 7) is 8.30. The van der Waals surface area contributed by atoms with Crippen LogP contribution >= 0.6 is 22.9 Å². The number of aryl methyl sites for hydroxylation is 1. The molecule has 10 heteroatoms. The minimum atomic E-state index is -0.532. The Bertz CT molecular complexity index is 867. The first kappa shape index (κ1) is 20.6. The molecule has 0 fully saturated rings. The molecule has 152 valence electrons. The molecule has 0 atom stereocenters. The largest absolute Gasteiger partial charge is 0.444 e. The van der Waals surface area contributed by atoms with E-state index in [1.54, 1.807) is 11.8 Å². The smallest absolute Gasteiger partial charge is 0.410 e. The fourth-order valence-corrected chi connectivity index (χ4v) is 4.10. The number of hydrogen-bond donors (Lipinski definition) is 1. The van der Waals surface area contributed by atoms with Crippen LogP contribution in [0.25, 0.3) is 0 Å². The van der Waals surface area contributed by atoms with Gasteiger partial charge in [0.2, 0.25) is 11.1 Å². The molecule has 0 radical (unpaired) electrons. The molecular weight excluding hydrogens is 404 g/mol. The number of nitrogens with one attached hydrogen (secondary N) is 1. The van der Waals surface area contributed by atoms with Crippen LogP contribution in [-0.2, 0) is 28.9 Å². The molecule has 1 aliphatic heterocycles. The fraction of sp³-hybridized carbons (Fsp3) is 0.556. The molecule has 0 spiro atoms. The summed E-state index contributed by atoms with van der Waals surface area (Å²) in [5, 5.41) is 7.35. The average molecular weight is 427 g/mol. The minimum Gasteiger partial charge on any atom is -0.444 e. The monoisotopic (exact) mass is 426 g/mol. The Balaban J connectivity index is 1.56. The third-order valence-corrected chi connectivity index (χ3v) is 5.46. The highest BCUT2D eigenvalue weighted by Crippen LogP contribution is 2.29. The lowest BCUT2D eigenvalue weighted by molar-refractivity contribution is -0.116. The first-order valence-electron chi connectivity index (χ1n) is 8.99. The Hall–Kier alpha value is -2.13. The molecule has 2 amide bonds. The van der Waals surface area contributed by atoms with Gasteiger partial charge in [-0.3, -0.25) is 4.79 Å². The van der Waals surface area contributed by atoms with Gasteiger partial charge in [-0.05, 0) is 45.7 Å². The maximum absolute atomic E-state index is 12.3. The van der Waals surface area contributed by atoms with Gasteiger partial charge >= 0.3 is 6.09 Å². The molecule has 0 aliphatic carbocycles. The molecule has 3 rings (SSSR count). The van der Waals surface area contributed by atoms with Crippen LogP contribution in [0.1, 0.15) is 49.0 Å². The van der Waals surface area contributed by atoms with Gasteiger partial charge in [-0.15, -0.1) is 0 Å². The molecule has 1 aliphatic rings. The van der Waals surface area contributed by atoms with E-state index in [9.17, 15) is 9.59 Å². The van der Waals surface area contributed by atoms with Crippen LogP contribution in [0.15, 0.2) is 4.52 Å². The van der Waals surface area contributed by atoms with E-state index in [1.807, 2.05) is 20.8 Å². The topological polar surface area (TPSA) is 97.6 Å². The summed E-state index contributed by atoms with van der Waals surface area (Å²) in [6.07, 6.45) is 0.988. The van der Waals surface area contributed by atoms with E-state index >= 15 is 0 Å². The lowest BCUT2D eigenvalue weighted by Gasteiger charge is -2.29. The van der Waals surface area contributed by atoms with Crippen molar-refractivity contribution in [2.45, 2.75) is 59.1 Å². The Labute approximate surface area is 172 Å². The van der Waals surface area contributed by atoms with Crippen molar-refractivity contribution in [3.63, 3.8) is 0 Å². The van der Waals surface area contributed by atoms with Crippen LogP contribution in [0.3, 0.4) is 0 Å². The van der Waals surface area contributed by atoms with Crippen LogP contribution in [0.2, 0.25) is 5.22 Å². The fourth-order valence-electron chi connectivity index (χ4n) is 2.79. The number of fused-ring (bicyclic) bond motifs is 1. The highest BCUT2D eigenvalue weighted by Gasteiger charge is 2.28. The van der Waals surface area contributed by atoms with Gasteiger partial charge in [0.25, 0.3) is 0 Å². The highest BCUT2D eigenvalue weighted by atomic mass is 35.5. The molecule has 0 saturated heterocycles. The van der Waals surface area contributed by atoms with Crippen molar-refractivity contribution in [3.8, 4) is 0 Å². The second kappa shape index (κ2) is 8.08. The third kappa shape index (κ3) is 5.02. The molecule has 0 saturated carbocycles. The van der Waals surface area contributed by atoms with Crippen molar-refractivity contribution in [2.24, 2.45) is 0 Å². The molecule has 2 aromatic heterocycles. The zero-order valence-electron chi connectivity index (χ0n) is 16.3. The minimum absolute atomic E-state index is 0.160. The third-order valence-electron chi connectivity index (χ3n) is 4.17. The molecule has 3 heterocycles. The number of thiazole rings is 1. The summed E-state index contributed by atoms with van der Waals surface area (Å²) in [5.74, 6) is -0.160. The zero-order valence-corrected chi connectivity index (χ0v) is 17.9. The Morgan fingerprint density at radius 1 is 1.39 bits per heavy atom. The van der Waals surface area contributed by atoms with Crippen LogP contribution in [0.4, 0.5) is 9.93 Å². The van der Waals surface area contributed by atoms with Gasteiger partial charge in [-0.1, -0.05) is 16.5 Å². The molecule has 2 aromatic rings. The quantitative estimate of drug-likeness (QED) is 0.794. The molecule has 0 bridgehead atoms. The van der Waals surface area contributed by atoms with Gasteiger partial charge in [0.05, 0.1) is 17.9 Å². The Morgan fingerprint density at radius 3 is 2.79 bits per heavy atom. The van der Waals surface area contributed by atoms with Crippen LogP contribution in [0, 0.1) is 6.92 Å². The van der Waals surface area contributed by atoms with Gasteiger partial charge in [0, 0.05) is 29.8 Å². The first-order valence-corrected chi connectivity index (χ1v) is 10.2.